The van der Waals surface area contributed by atoms with Gasteiger partial charge in [0.15, 0.2) is 5.13 Å². The van der Waals surface area contributed by atoms with Gasteiger partial charge in [0, 0.05) is 17.0 Å². The number of methoxy groups -OCH3 is 2. The smallest absolute Gasteiger partial charge is 0.336 e. The lowest BCUT2D eigenvalue weighted by atomic mass is 10.1. The zero-order valence-electron chi connectivity index (χ0n) is 16.4. The number of carbonyl (C=O) groups is 1. The van der Waals surface area contributed by atoms with Crippen molar-refractivity contribution in [2.24, 2.45) is 0 Å². The average Bonchev–Trinajstić information content (AvgIpc) is 3.08. The molecule has 1 aromatic carbocycles. The average molecular weight is 428 g/mol. The minimum absolute atomic E-state index is 0.0629. The fourth-order valence-corrected chi connectivity index (χ4v) is 4.94. The van der Waals surface area contributed by atoms with Crippen molar-refractivity contribution < 1.29 is 27.9 Å². The SMILES string of the molecule is CCOP(=O)(Cc1csc(NC(=O)Cc2ccc(OC)cc2OC)n1)OCC. The van der Waals surface area contributed by atoms with Crippen molar-refractivity contribution in [1.29, 1.82) is 0 Å². The predicted molar refractivity (Wildman–Crippen MR) is 109 cm³/mol. The van der Waals surface area contributed by atoms with Gasteiger partial charge in [-0.1, -0.05) is 6.07 Å². The van der Waals surface area contributed by atoms with E-state index in [0.717, 1.165) is 5.56 Å². The van der Waals surface area contributed by atoms with Gasteiger partial charge in [-0.25, -0.2) is 4.98 Å². The Balaban J connectivity index is 2.01. The van der Waals surface area contributed by atoms with E-state index >= 15 is 0 Å². The summed E-state index contributed by atoms with van der Waals surface area (Å²) in [6.07, 6.45) is 0.186. The lowest BCUT2D eigenvalue weighted by Crippen LogP contribution is -2.15. The number of nitrogens with one attached hydrogen (secondary N) is 1. The van der Waals surface area contributed by atoms with Crippen molar-refractivity contribution in [3.63, 3.8) is 0 Å². The molecule has 0 saturated heterocycles. The van der Waals surface area contributed by atoms with E-state index < -0.39 is 7.60 Å². The fraction of sp³-hybridized carbons (Fsp3) is 0.444. The second kappa shape index (κ2) is 10.6. The normalized spacial score (nSPS) is 11.3. The van der Waals surface area contributed by atoms with Crippen LogP contribution in [-0.4, -0.2) is 38.3 Å². The summed E-state index contributed by atoms with van der Waals surface area (Å²) in [5.41, 5.74) is 1.28. The van der Waals surface area contributed by atoms with Crippen molar-refractivity contribution in [3.05, 3.63) is 34.8 Å². The molecule has 0 atom stereocenters. The minimum atomic E-state index is -3.23. The number of hydrogen-bond donors (Lipinski definition) is 1. The van der Waals surface area contributed by atoms with E-state index in [9.17, 15) is 9.36 Å². The van der Waals surface area contributed by atoms with E-state index in [-0.39, 0.29) is 31.7 Å². The molecule has 2 aromatic rings. The summed E-state index contributed by atoms with van der Waals surface area (Å²) in [7, 11) is -0.126. The predicted octanol–water partition coefficient (Wildman–Crippen LogP) is 4.11. The Bertz CT molecular complexity index is 831. The van der Waals surface area contributed by atoms with E-state index in [4.69, 9.17) is 18.5 Å². The second-order valence-electron chi connectivity index (χ2n) is 5.65. The van der Waals surface area contributed by atoms with Gasteiger partial charge in [-0.3, -0.25) is 9.36 Å². The van der Waals surface area contributed by atoms with Gasteiger partial charge in [0.2, 0.25) is 5.91 Å². The van der Waals surface area contributed by atoms with Crippen LogP contribution in [0, 0.1) is 0 Å². The number of carbonyl (C=O) groups excluding carboxylic acids is 1. The van der Waals surface area contributed by atoms with E-state index in [1.807, 2.05) is 0 Å². The van der Waals surface area contributed by atoms with Crippen LogP contribution >= 0.6 is 18.9 Å². The molecule has 0 aliphatic heterocycles. The number of hydrogen-bond acceptors (Lipinski definition) is 8. The van der Waals surface area contributed by atoms with Crippen molar-refractivity contribution in [3.8, 4) is 11.5 Å². The summed E-state index contributed by atoms with van der Waals surface area (Å²) in [5.74, 6) is 0.990. The summed E-state index contributed by atoms with van der Waals surface area (Å²) >= 11 is 1.25. The highest BCUT2D eigenvalue weighted by Crippen LogP contribution is 2.51. The standard InChI is InChI=1S/C18H25N2O6PS/c1-5-25-27(22,26-6-2)11-14-12-28-18(19-14)20-17(21)9-13-7-8-15(23-3)10-16(13)24-4/h7-8,10,12H,5-6,9,11H2,1-4H3,(H,19,20,21). The van der Waals surface area contributed by atoms with Gasteiger partial charge in [-0.05, 0) is 19.9 Å². The summed E-state index contributed by atoms with van der Waals surface area (Å²) in [4.78, 5) is 16.7. The molecule has 0 radical (unpaired) electrons. The highest BCUT2D eigenvalue weighted by molar-refractivity contribution is 7.53. The quantitative estimate of drug-likeness (QED) is 0.538. The van der Waals surface area contributed by atoms with Crippen LogP contribution in [0.4, 0.5) is 5.13 Å². The molecule has 1 amide bonds. The van der Waals surface area contributed by atoms with Crippen LogP contribution in [0.2, 0.25) is 0 Å². The molecule has 0 fully saturated rings. The first-order chi connectivity index (χ1) is 13.4. The molecular formula is C18H25N2O6PS. The van der Waals surface area contributed by atoms with Crippen LogP contribution < -0.4 is 14.8 Å². The van der Waals surface area contributed by atoms with Crippen LogP contribution in [0.1, 0.15) is 25.1 Å². The summed E-state index contributed by atoms with van der Waals surface area (Å²) in [6, 6.07) is 5.28. The minimum Gasteiger partial charge on any atom is -0.497 e. The van der Waals surface area contributed by atoms with Gasteiger partial charge in [0.1, 0.15) is 11.5 Å². The Kier molecular flexibility index (Phi) is 8.44. The van der Waals surface area contributed by atoms with Crippen molar-refractivity contribution in [1.82, 2.24) is 4.98 Å². The van der Waals surface area contributed by atoms with Crippen LogP contribution in [-0.2, 0) is 31.0 Å². The Morgan fingerprint density at radius 2 is 1.89 bits per heavy atom. The molecule has 0 aliphatic carbocycles. The van der Waals surface area contributed by atoms with Gasteiger partial charge in [-0.2, -0.15) is 0 Å². The molecule has 8 nitrogen and oxygen atoms in total. The Morgan fingerprint density at radius 3 is 2.50 bits per heavy atom. The number of ether oxygens (including phenoxy) is 2. The second-order valence-corrected chi connectivity index (χ2v) is 8.56. The van der Waals surface area contributed by atoms with E-state index in [1.54, 1.807) is 44.5 Å². The number of nitrogens with zero attached hydrogens (tertiary/aromatic N) is 1. The van der Waals surface area contributed by atoms with E-state index in [0.29, 0.717) is 22.3 Å². The molecule has 154 valence electrons. The summed E-state index contributed by atoms with van der Waals surface area (Å²) < 4.78 is 33.6. The molecule has 0 spiro atoms. The van der Waals surface area contributed by atoms with Crippen LogP contribution in [0.25, 0.3) is 0 Å². The monoisotopic (exact) mass is 428 g/mol. The highest BCUT2D eigenvalue weighted by Gasteiger charge is 2.25. The molecular weight excluding hydrogens is 403 g/mol. The van der Waals surface area contributed by atoms with Crippen LogP contribution in [0.15, 0.2) is 23.6 Å². The first kappa shape index (κ1) is 22.4. The number of benzene rings is 1. The lowest BCUT2D eigenvalue weighted by Gasteiger charge is -2.15. The number of anilines is 1. The third-order valence-corrected chi connectivity index (χ3v) is 6.47. The molecule has 1 heterocycles. The lowest BCUT2D eigenvalue weighted by molar-refractivity contribution is -0.115. The van der Waals surface area contributed by atoms with Gasteiger partial charge in [0.05, 0.1) is 45.7 Å². The van der Waals surface area contributed by atoms with E-state index in [1.165, 1.54) is 18.4 Å². The van der Waals surface area contributed by atoms with Gasteiger partial charge < -0.3 is 23.8 Å². The van der Waals surface area contributed by atoms with Gasteiger partial charge in [-0.15, -0.1) is 11.3 Å². The molecule has 2 rings (SSSR count). The molecule has 10 heteroatoms. The molecule has 28 heavy (non-hydrogen) atoms. The summed E-state index contributed by atoms with van der Waals surface area (Å²) in [5, 5.41) is 4.90. The largest absolute Gasteiger partial charge is 0.497 e. The number of rotatable bonds is 11. The third-order valence-electron chi connectivity index (χ3n) is 3.65. The van der Waals surface area contributed by atoms with Crippen molar-refractivity contribution in [2.75, 3.05) is 32.8 Å². The third kappa shape index (κ3) is 6.31. The van der Waals surface area contributed by atoms with E-state index in [2.05, 4.69) is 10.3 Å². The molecule has 0 bridgehead atoms. The van der Waals surface area contributed by atoms with Crippen LogP contribution in [0.5, 0.6) is 11.5 Å². The van der Waals surface area contributed by atoms with Crippen LogP contribution in [0.3, 0.4) is 0 Å². The highest BCUT2D eigenvalue weighted by atomic mass is 32.1. The van der Waals surface area contributed by atoms with Crippen molar-refractivity contribution >= 4 is 30.0 Å². The number of aromatic nitrogens is 1. The number of thiazole rings is 1. The summed E-state index contributed by atoms with van der Waals surface area (Å²) in [6.45, 7) is 4.08. The van der Waals surface area contributed by atoms with Gasteiger partial charge >= 0.3 is 7.60 Å². The molecule has 1 N–H and O–H groups in total. The van der Waals surface area contributed by atoms with Gasteiger partial charge in [0.25, 0.3) is 0 Å². The Hall–Kier alpha value is -1.93. The maximum atomic E-state index is 12.6. The maximum absolute atomic E-state index is 12.6. The van der Waals surface area contributed by atoms with Crippen molar-refractivity contribution in [2.45, 2.75) is 26.4 Å². The molecule has 0 saturated carbocycles. The number of amides is 1. The first-order valence-electron chi connectivity index (χ1n) is 8.76. The topological polar surface area (TPSA) is 96.0 Å². The molecule has 1 aromatic heterocycles. The Morgan fingerprint density at radius 1 is 1.18 bits per heavy atom. The Labute approximate surface area is 168 Å². The zero-order chi connectivity index (χ0) is 20.6. The maximum Gasteiger partial charge on any atom is 0.336 e. The molecule has 0 aliphatic rings. The first-order valence-corrected chi connectivity index (χ1v) is 11.4. The molecule has 0 unspecified atom stereocenters. The fourth-order valence-electron chi connectivity index (χ4n) is 2.49. The zero-order valence-corrected chi connectivity index (χ0v) is 18.1.